The largest absolute Gasteiger partial charge is 0.484 e. The number of benzene rings is 1. The van der Waals surface area contributed by atoms with E-state index in [9.17, 15) is 4.79 Å². The maximum absolute atomic E-state index is 11.7. The topological polar surface area (TPSA) is 74.8 Å². The summed E-state index contributed by atoms with van der Waals surface area (Å²) in [5.41, 5.74) is 1.08. The van der Waals surface area contributed by atoms with Crippen LogP contribution in [0.1, 0.15) is 44.6 Å². The van der Waals surface area contributed by atoms with Crippen molar-refractivity contribution in [1.82, 2.24) is 16.0 Å². The SMILES string of the molecule is CCCCCNC(=NC)NCc1cccc(OCC(=O)NC2CC2)c1.I. The van der Waals surface area contributed by atoms with Gasteiger partial charge in [-0.3, -0.25) is 9.79 Å². The van der Waals surface area contributed by atoms with Crippen molar-refractivity contribution in [3.8, 4) is 5.75 Å². The van der Waals surface area contributed by atoms with Gasteiger partial charge in [-0.2, -0.15) is 0 Å². The van der Waals surface area contributed by atoms with Crippen molar-refractivity contribution in [2.45, 2.75) is 51.6 Å². The fraction of sp³-hybridized carbons (Fsp3) is 0.579. The number of aliphatic imine (C=N–C) groups is 1. The molecule has 3 N–H and O–H groups in total. The van der Waals surface area contributed by atoms with Gasteiger partial charge in [-0.1, -0.05) is 31.9 Å². The van der Waals surface area contributed by atoms with Gasteiger partial charge in [-0.15, -0.1) is 24.0 Å². The first-order chi connectivity index (χ1) is 12.2. The van der Waals surface area contributed by atoms with Gasteiger partial charge in [0.15, 0.2) is 12.6 Å². The Kier molecular flexibility index (Phi) is 11.1. The second-order valence-corrected chi connectivity index (χ2v) is 6.34. The average Bonchev–Trinajstić information content (AvgIpc) is 3.44. The predicted octanol–water partition coefficient (Wildman–Crippen LogP) is 2.82. The second kappa shape index (κ2) is 12.8. The fourth-order valence-corrected chi connectivity index (χ4v) is 2.38. The molecule has 1 aliphatic carbocycles. The van der Waals surface area contributed by atoms with Crippen molar-refractivity contribution in [2.75, 3.05) is 20.2 Å². The van der Waals surface area contributed by atoms with Crippen LogP contribution in [0.2, 0.25) is 0 Å². The van der Waals surface area contributed by atoms with E-state index in [0.717, 1.165) is 37.3 Å². The standard InChI is InChI=1S/C19H30N4O2.HI/c1-3-4-5-11-21-19(20-2)22-13-15-7-6-8-17(12-15)25-14-18(24)23-16-9-10-16;/h6-8,12,16H,3-5,9-11,13-14H2,1-2H3,(H,23,24)(H2,20,21,22);1H. The molecular formula is C19H31IN4O2. The van der Waals surface area contributed by atoms with E-state index in [1.54, 1.807) is 7.05 Å². The highest BCUT2D eigenvalue weighted by atomic mass is 127. The summed E-state index contributed by atoms with van der Waals surface area (Å²) < 4.78 is 5.58. The number of hydrogen-bond donors (Lipinski definition) is 3. The molecule has 0 atom stereocenters. The van der Waals surface area contributed by atoms with E-state index in [-0.39, 0.29) is 36.5 Å². The van der Waals surface area contributed by atoms with Gasteiger partial charge in [-0.25, -0.2) is 0 Å². The molecule has 0 aromatic heterocycles. The van der Waals surface area contributed by atoms with Crippen LogP contribution in [0, 0.1) is 0 Å². The molecule has 1 saturated carbocycles. The van der Waals surface area contributed by atoms with Crippen LogP contribution < -0.4 is 20.7 Å². The summed E-state index contributed by atoms with van der Waals surface area (Å²) in [6.45, 7) is 3.83. The summed E-state index contributed by atoms with van der Waals surface area (Å²) >= 11 is 0. The highest BCUT2D eigenvalue weighted by Gasteiger charge is 2.23. The third-order valence-corrected chi connectivity index (χ3v) is 3.97. The summed E-state index contributed by atoms with van der Waals surface area (Å²) in [5, 5.41) is 9.52. The Morgan fingerprint density at radius 1 is 1.27 bits per heavy atom. The lowest BCUT2D eigenvalue weighted by Gasteiger charge is -2.12. The van der Waals surface area contributed by atoms with Gasteiger partial charge in [-0.05, 0) is 37.0 Å². The van der Waals surface area contributed by atoms with Crippen molar-refractivity contribution >= 4 is 35.8 Å². The van der Waals surface area contributed by atoms with E-state index in [1.807, 2.05) is 24.3 Å². The molecule has 0 aliphatic heterocycles. The quantitative estimate of drug-likeness (QED) is 0.211. The maximum Gasteiger partial charge on any atom is 0.258 e. The molecule has 0 heterocycles. The smallest absolute Gasteiger partial charge is 0.258 e. The number of amides is 1. The van der Waals surface area contributed by atoms with E-state index in [2.05, 4.69) is 27.9 Å². The van der Waals surface area contributed by atoms with Gasteiger partial charge in [0.2, 0.25) is 0 Å². The van der Waals surface area contributed by atoms with Crippen molar-refractivity contribution in [2.24, 2.45) is 4.99 Å². The number of nitrogens with zero attached hydrogens (tertiary/aromatic N) is 1. The summed E-state index contributed by atoms with van der Waals surface area (Å²) in [4.78, 5) is 15.9. The first kappa shape index (κ1) is 22.5. The molecule has 146 valence electrons. The first-order valence-electron chi connectivity index (χ1n) is 9.17. The van der Waals surface area contributed by atoms with Gasteiger partial charge in [0.25, 0.3) is 5.91 Å². The number of hydrogen-bond acceptors (Lipinski definition) is 3. The number of unbranched alkanes of at least 4 members (excludes halogenated alkanes) is 2. The minimum atomic E-state index is -0.0530. The Morgan fingerprint density at radius 2 is 2.08 bits per heavy atom. The molecule has 2 rings (SSSR count). The lowest BCUT2D eigenvalue weighted by molar-refractivity contribution is -0.123. The zero-order valence-corrected chi connectivity index (χ0v) is 18.0. The summed E-state index contributed by atoms with van der Waals surface area (Å²) in [7, 11) is 1.77. The van der Waals surface area contributed by atoms with E-state index in [4.69, 9.17) is 4.74 Å². The Morgan fingerprint density at radius 3 is 2.77 bits per heavy atom. The van der Waals surface area contributed by atoms with Crippen LogP contribution in [0.4, 0.5) is 0 Å². The number of guanidine groups is 1. The average molecular weight is 474 g/mol. The summed E-state index contributed by atoms with van der Waals surface area (Å²) in [6, 6.07) is 8.13. The first-order valence-corrected chi connectivity index (χ1v) is 9.17. The molecular weight excluding hydrogens is 443 g/mol. The molecule has 0 spiro atoms. The normalized spacial score (nSPS) is 13.5. The molecule has 0 radical (unpaired) electrons. The highest BCUT2D eigenvalue weighted by Crippen LogP contribution is 2.18. The van der Waals surface area contributed by atoms with Gasteiger partial charge in [0.1, 0.15) is 5.75 Å². The zero-order valence-electron chi connectivity index (χ0n) is 15.7. The number of carbonyl (C=O) groups excluding carboxylic acids is 1. The maximum atomic E-state index is 11.7. The molecule has 1 aromatic carbocycles. The molecule has 1 aliphatic rings. The third kappa shape index (κ3) is 9.26. The Labute approximate surface area is 173 Å². The minimum Gasteiger partial charge on any atom is -0.484 e. The second-order valence-electron chi connectivity index (χ2n) is 6.34. The number of ether oxygens (including phenoxy) is 1. The van der Waals surface area contributed by atoms with Gasteiger partial charge < -0.3 is 20.7 Å². The van der Waals surface area contributed by atoms with Gasteiger partial charge in [0.05, 0.1) is 0 Å². The number of carbonyl (C=O) groups is 1. The van der Waals surface area contributed by atoms with Crippen LogP contribution in [0.25, 0.3) is 0 Å². The van der Waals surface area contributed by atoms with Crippen LogP contribution in [-0.4, -0.2) is 38.1 Å². The molecule has 0 bridgehead atoms. The van der Waals surface area contributed by atoms with Crippen LogP contribution in [0.5, 0.6) is 5.75 Å². The number of halogens is 1. The Bertz CT molecular complexity index is 576. The van der Waals surface area contributed by atoms with Crippen LogP contribution >= 0.6 is 24.0 Å². The Hall–Kier alpha value is -1.51. The predicted molar refractivity (Wildman–Crippen MR) is 116 cm³/mol. The lowest BCUT2D eigenvalue weighted by Crippen LogP contribution is -2.37. The fourth-order valence-electron chi connectivity index (χ4n) is 2.38. The van der Waals surface area contributed by atoms with E-state index in [1.165, 1.54) is 12.8 Å². The molecule has 1 amide bonds. The molecule has 26 heavy (non-hydrogen) atoms. The van der Waals surface area contributed by atoms with Gasteiger partial charge in [0, 0.05) is 26.2 Å². The van der Waals surface area contributed by atoms with E-state index >= 15 is 0 Å². The van der Waals surface area contributed by atoms with E-state index < -0.39 is 0 Å². The minimum absolute atomic E-state index is 0. The number of nitrogens with one attached hydrogen (secondary N) is 3. The molecule has 0 unspecified atom stereocenters. The molecule has 1 fully saturated rings. The van der Waals surface area contributed by atoms with Crippen molar-refractivity contribution < 1.29 is 9.53 Å². The Balaban J connectivity index is 0.00000338. The summed E-state index contributed by atoms with van der Waals surface area (Å²) in [5.74, 6) is 1.45. The molecule has 0 saturated heterocycles. The lowest BCUT2D eigenvalue weighted by atomic mass is 10.2. The van der Waals surface area contributed by atoms with Gasteiger partial charge >= 0.3 is 0 Å². The number of rotatable bonds is 10. The molecule has 6 nitrogen and oxygen atoms in total. The van der Waals surface area contributed by atoms with Crippen LogP contribution in [0.3, 0.4) is 0 Å². The summed E-state index contributed by atoms with van der Waals surface area (Å²) in [6.07, 6.45) is 5.74. The van der Waals surface area contributed by atoms with Crippen LogP contribution in [0.15, 0.2) is 29.3 Å². The van der Waals surface area contributed by atoms with Crippen molar-refractivity contribution in [1.29, 1.82) is 0 Å². The van der Waals surface area contributed by atoms with Crippen molar-refractivity contribution in [3.63, 3.8) is 0 Å². The monoisotopic (exact) mass is 474 g/mol. The third-order valence-electron chi connectivity index (χ3n) is 3.97. The molecule has 7 heteroatoms. The van der Waals surface area contributed by atoms with Crippen molar-refractivity contribution in [3.05, 3.63) is 29.8 Å². The van der Waals surface area contributed by atoms with Crippen LogP contribution in [-0.2, 0) is 11.3 Å². The molecule has 1 aromatic rings. The zero-order chi connectivity index (χ0) is 17.9. The highest BCUT2D eigenvalue weighted by molar-refractivity contribution is 14.0. The van der Waals surface area contributed by atoms with E-state index in [0.29, 0.717) is 18.3 Å².